The third-order valence-corrected chi connectivity index (χ3v) is 5.10. The van der Waals surface area contributed by atoms with E-state index in [0.29, 0.717) is 13.0 Å². The fraction of sp³-hybridized carbons (Fsp3) is 0.444. The summed E-state index contributed by atoms with van der Waals surface area (Å²) in [6, 6.07) is 2.07. The van der Waals surface area contributed by atoms with Gasteiger partial charge in [-0.15, -0.1) is 6.58 Å². The molecule has 1 aliphatic heterocycles. The van der Waals surface area contributed by atoms with Crippen molar-refractivity contribution in [3.05, 3.63) is 53.0 Å². The summed E-state index contributed by atoms with van der Waals surface area (Å²) in [5.74, 6) is 0.173. The van der Waals surface area contributed by atoms with E-state index in [0.717, 1.165) is 30.5 Å². The van der Waals surface area contributed by atoms with Crippen LogP contribution in [0.3, 0.4) is 0 Å². The van der Waals surface area contributed by atoms with Gasteiger partial charge in [-0.25, -0.2) is 0 Å². The summed E-state index contributed by atoms with van der Waals surface area (Å²) in [7, 11) is 1.91. The van der Waals surface area contributed by atoms with Gasteiger partial charge in [-0.1, -0.05) is 6.08 Å². The predicted octanol–water partition coefficient (Wildman–Crippen LogP) is 2.44. The molecule has 1 amide bonds. The Labute approximate surface area is 146 Å². The van der Waals surface area contributed by atoms with E-state index in [1.54, 1.807) is 22.1 Å². The lowest BCUT2D eigenvalue weighted by molar-refractivity contribution is -0.132. The van der Waals surface area contributed by atoms with Crippen molar-refractivity contribution in [2.75, 3.05) is 13.2 Å². The van der Waals surface area contributed by atoms with Crippen LogP contribution in [-0.4, -0.2) is 45.9 Å². The van der Waals surface area contributed by atoms with Gasteiger partial charge in [0.25, 0.3) is 0 Å². The SMILES string of the molecule is C=CCO[C@H]1CCN(C(=O)Cc2ccsc2)[C@@H]1Cc1cnn(C)c1. The highest BCUT2D eigenvalue weighted by molar-refractivity contribution is 7.07. The maximum Gasteiger partial charge on any atom is 0.227 e. The lowest BCUT2D eigenvalue weighted by Crippen LogP contribution is -2.42. The molecule has 0 unspecified atom stereocenters. The van der Waals surface area contributed by atoms with E-state index in [1.807, 2.05) is 41.2 Å². The molecule has 3 rings (SSSR count). The van der Waals surface area contributed by atoms with Gasteiger partial charge in [-0.3, -0.25) is 9.48 Å². The highest BCUT2D eigenvalue weighted by Crippen LogP contribution is 2.25. The molecule has 1 saturated heterocycles. The number of ether oxygens (including phenoxy) is 1. The number of nitrogens with zero attached hydrogens (tertiary/aromatic N) is 3. The molecule has 1 aliphatic rings. The van der Waals surface area contributed by atoms with Crippen molar-refractivity contribution in [1.29, 1.82) is 0 Å². The van der Waals surface area contributed by atoms with Crippen molar-refractivity contribution in [1.82, 2.24) is 14.7 Å². The number of aryl methyl sites for hydroxylation is 1. The Morgan fingerprint density at radius 2 is 2.42 bits per heavy atom. The minimum absolute atomic E-state index is 0.0506. The van der Waals surface area contributed by atoms with Crippen LogP contribution >= 0.6 is 11.3 Å². The van der Waals surface area contributed by atoms with Gasteiger partial charge in [0.1, 0.15) is 0 Å². The molecule has 2 atom stereocenters. The zero-order valence-corrected chi connectivity index (χ0v) is 14.7. The van der Waals surface area contributed by atoms with Crippen LogP contribution in [0, 0.1) is 0 Å². The average molecular weight is 345 g/mol. The monoisotopic (exact) mass is 345 g/mol. The van der Waals surface area contributed by atoms with Crippen molar-refractivity contribution < 1.29 is 9.53 Å². The maximum absolute atomic E-state index is 12.8. The maximum atomic E-state index is 12.8. The van der Waals surface area contributed by atoms with Gasteiger partial charge in [-0.2, -0.15) is 16.4 Å². The zero-order chi connectivity index (χ0) is 16.9. The lowest BCUT2D eigenvalue weighted by Gasteiger charge is -2.28. The van der Waals surface area contributed by atoms with Gasteiger partial charge < -0.3 is 9.64 Å². The van der Waals surface area contributed by atoms with Crippen LogP contribution < -0.4 is 0 Å². The molecule has 2 aromatic heterocycles. The summed E-state index contributed by atoms with van der Waals surface area (Å²) in [6.45, 7) is 4.98. The first-order valence-corrected chi connectivity index (χ1v) is 9.12. The molecule has 5 nitrogen and oxygen atoms in total. The summed E-state index contributed by atoms with van der Waals surface area (Å²) >= 11 is 1.62. The summed E-state index contributed by atoms with van der Waals surface area (Å²) in [4.78, 5) is 14.8. The van der Waals surface area contributed by atoms with E-state index in [9.17, 15) is 4.79 Å². The molecule has 0 saturated carbocycles. The van der Waals surface area contributed by atoms with Crippen LogP contribution in [0.15, 0.2) is 41.9 Å². The summed E-state index contributed by atoms with van der Waals surface area (Å²) < 4.78 is 7.72. The largest absolute Gasteiger partial charge is 0.372 e. The molecule has 0 spiro atoms. The lowest BCUT2D eigenvalue weighted by atomic mass is 10.0. The number of carbonyl (C=O) groups is 1. The molecule has 0 bridgehead atoms. The standard InChI is InChI=1S/C18H23N3O2S/c1-3-7-23-17-4-6-21(18(22)10-14-5-8-24-13-14)16(17)9-15-11-19-20(2)12-15/h3,5,8,11-13,16-17H,1,4,6-7,9-10H2,2H3/t16-,17+/m1/s1. The molecule has 128 valence electrons. The minimum atomic E-state index is 0.0506. The summed E-state index contributed by atoms with van der Waals surface area (Å²) in [5.41, 5.74) is 2.21. The van der Waals surface area contributed by atoms with Gasteiger partial charge in [0.15, 0.2) is 0 Å². The molecule has 0 radical (unpaired) electrons. The second-order valence-corrected chi connectivity index (χ2v) is 6.92. The fourth-order valence-corrected chi connectivity index (χ4v) is 3.92. The number of thiophene rings is 1. The molecular weight excluding hydrogens is 322 g/mol. The zero-order valence-electron chi connectivity index (χ0n) is 13.9. The number of hydrogen-bond acceptors (Lipinski definition) is 4. The first-order valence-electron chi connectivity index (χ1n) is 8.18. The summed E-state index contributed by atoms with van der Waals surface area (Å²) in [5, 5.41) is 8.28. The topological polar surface area (TPSA) is 47.4 Å². The Morgan fingerprint density at radius 1 is 1.54 bits per heavy atom. The van der Waals surface area contributed by atoms with E-state index < -0.39 is 0 Å². The normalized spacial score (nSPS) is 20.5. The van der Waals surface area contributed by atoms with Crippen molar-refractivity contribution in [3.63, 3.8) is 0 Å². The van der Waals surface area contributed by atoms with E-state index in [2.05, 4.69) is 11.7 Å². The smallest absolute Gasteiger partial charge is 0.227 e. The Hall–Kier alpha value is -1.92. The van der Waals surface area contributed by atoms with Gasteiger partial charge in [-0.05, 0) is 40.8 Å². The Morgan fingerprint density at radius 3 is 3.08 bits per heavy atom. The molecule has 3 heterocycles. The quantitative estimate of drug-likeness (QED) is 0.724. The van der Waals surface area contributed by atoms with Crippen molar-refractivity contribution in [2.45, 2.75) is 31.4 Å². The Balaban J connectivity index is 1.72. The minimum Gasteiger partial charge on any atom is -0.372 e. The molecular formula is C18H23N3O2S. The van der Waals surface area contributed by atoms with Gasteiger partial charge in [0.2, 0.25) is 5.91 Å². The highest BCUT2D eigenvalue weighted by atomic mass is 32.1. The molecule has 0 N–H and O–H groups in total. The average Bonchev–Trinajstić information content (AvgIpc) is 3.28. The molecule has 2 aromatic rings. The number of hydrogen-bond donors (Lipinski definition) is 0. The van der Waals surface area contributed by atoms with Crippen LogP contribution in [-0.2, 0) is 29.4 Å². The second kappa shape index (κ2) is 7.77. The number of rotatable bonds is 7. The highest BCUT2D eigenvalue weighted by Gasteiger charge is 2.37. The molecule has 24 heavy (non-hydrogen) atoms. The first kappa shape index (κ1) is 16.9. The number of amides is 1. The Kier molecular flexibility index (Phi) is 5.48. The van der Waals surface area contributed by atoms with E-state index in [-0.39, 0.29) is 18.1 Å². The van der Waals surface area contributed by atoms with E-state index in [1.165, 1.54) is 0 Å². The fourth-order valence-electron chi connectivity index (χ4n) is 3.25. The van der Waals surface area contributed by atoms with Crippen molar-refractivity contribution >= 4 is 17.2 Å². The number of likely N-dealkylation sites (tertiary alicyclic amines) is 1. The third kappa shape index (κ3) is 3.94. The molecule has 6 heteroatoms. The van der Waals surface area contributed by atoms with Crippen LogP contribution in [0.25, 0.3) is 0 Å². The molecule has 0 aromatic carbocycles. The number of aromatic nitrogens is 2. The molecule has 0 aliphatic carbocycles. The van der Waals surface area contributed by atoms with Crippen molar-refractivity contribution in [3.8, 4) is 0 Å². The van der Waals surface area contributed by atoms with Crippen LogP contribution in [0.4, 0.5) is 0 Å². The summed E-state index contributed by atoms with van der Waals surface area (Å²) in [6.07, 6.45) is 7.78. The van der Waals surface area contributed by atoms with E-state index >= 15 is 0 Å². The van der Waals surface area contributed by atoms with Gasteiger partial charge >= 0.3 is 0 Å². The van der Waals surface area contributed by atoms with Crippen LogP contribution in [0.1, 0.15) is 17.5 Å². The molecule has 1 fully saturated rings. The van der Waals surface area contributed by atoms with Gasteiger partial charge in [0.05, 0.1) is 31.4 Å². The van der Waals surface area contributed by atoms with Crippen molar-refractivity contribution in [2.24, 2.45) is 7.05 Å². The van der Waals surface area contributed by atoms with E-state index in [4.69, 9.17) is 4.74 Å². The first-order chi connectivity index (χ1) is 11.7. The van der Waals surface area contributed by atoms with Crippen LogP contribution in [0.5, 0.6) is 0 Å². The Bertz CT molecular complexity index is 680. The number of carbonyl (C=O) groups excluding carboxylic acids is 1. The predicted molar refractivity (Wildman–Crippen MR) is 95.0 cm³/mol. The van der Waals surface area contributed by atoms with Gasteiger partial charge in [0, 0.05) is 19.8 Å². The van der Waals surface area contributed by atoms with Crippen LogP contribution in [0.2, 0.25) is 0 Å². The second-order valence-electron chi connectivity index (χ2n) is 6.14. The third-order valence-electron chi connectivity index (χ3n) is 4.37.